The number of piperidine rings is 1. The minimum Gasteiger partial charge on any atom is -0.381 e. The number of likely N-dealkylation sites (tertiary alicyclic amines) is 1. The van der Waals surface area contributed by atoms with E-state index in [1.807, 2.05) is 4.90 Å². The number of rotatable bonds is 5. The maximum atomic E-state index is 12.7. The van der Waals surface area contributed by atoms with Gasteiger partial charge in [-0.3, -0.25) is 9.59 Å². The summed E-state index contributed by atoms with van der Waals surface area (Å²) in [7, 11) is 0. The van der Waals surface area contributed by atoms with Crippen molar-refractivity contribution in [3.8, 4) is 0 Å². The summed E-state index contributed by atoms with van der Waals surface area (Å²) in [6.45, 7) is 3.43. The predicted molar refractivity (Wildman–Crippen MR) is 93.8 cm³/mol. The molecule has 1 saturated carbocycles. The van der Waals surface area contributed by atoms with Crippen molar-refractivity contribution in [1.29, 1.82) is 0 Å². The molecule has 2 heterocycles. The molecule has 138 valence electrons. The Balaban J connectivity index is 0.00000208. The van der Waals surface area contributed by atoms with Crippen molar-refractivity contribution < 1.29 is 14.3 Å². The first-order valence-electron chi connectivity index (χ1n) is 9.05. The number of nitrogens with zero attached hydrogens (tertiary/aromatic N) is 1. The molecular weight excluding hydrogens is 330 g/mol. The van der Waals surface area contributed by atoms with Crippen molar-refractivity contribution in [2.24, 2.45) is 23.5 Å². The lowest BCUT2D eigenvalue weighted by molar-refractivity contribution is -0.138. The minimum absolute atomic E-state index is 0. The first-order chi connectivity index (χ1) is 11.1. The number of amides is 2. The second kappa shape index (κ2) is 9.02. The highest BCUT2D eigenvalue weighted by Gasteiger charge is 2.34. The van der Waals surface area contributed by atoms with Crippen LogP contribution < -0.4 is 11.1 Å². The van der Waals surface area contributed by atoms with Gasteiger partial charge in [0.2, 0.25) is 11.8 Å². The second-order valence-electron chi connectivity index (χ2n) is 7.29. The van der Waals surface area contributed by atoms with Gasteiger partial charge in [-0.25, -0.2) is 0 Å². The van der Waals surface area contributed by atoms with E-state index in [2.05, 4.69) is 5.32 Å². The van der Waals surface area contributed by atoms with Gasteiger partial charge < -0.3 is 20.7 Å². The number of nitrogens with two attached hydrogens (primary N) is 1. The Kier molecular flexibility index (Phi) is 7.32. The zero-order chi connectivity index (χ0) is 16.2. The third kappa shape index (κ3) is 5.07. The summed E-state index contributed by atoms with van der Waals surface area (Å²) < 4.78 is 5.34. The van der Waals surface area contributed by atoms with Gasteiger partial charge in [-0.2, -0.15) is 0 Å². The van der Waals surface area contributed by atoms with Gasteiger partial charge in [0.25, 0.3) is 0 Å². The van der Waals surface area contributed by atoms with Gasteiger partial charge >= 0.3 is 0 Å². The van der Waals surface area contributed by atoms with Crippen LogP contribution in [-0.4, -0.2) is 55.6 Å². The second-order valence-corrected chi connectivity index (χ2v) is 7.29. The van der Waals surface area contributed by atoms with Gasteiger partial charge in [0.15, 0.2) is 0 Å². The molecule has 24 heavy (non-hydrogen) atoms. The number of ether oxygens (including phenoxy) is 1. The highest BCUT2D eigenvalue weighted by molar-refractivity contribution is 5.85. The van der Waals surface area contributed by atoms with E-state index in [4.69, 9.17) is 10.5 Å². The van der Waals surface area contributed by atoms with E-state index >= 15 is 0 Å². The van der Waals surface area contributed by atoms with Crippen LogP contribution in [-0.2, 0) is 14.3 Å². The van der Waals surface area contributed by atoms with E-state index < -0.39 is 6.04 Å². The van der Waals surface area contributed by atoms with Gasteiger partial charge in [-0.1, -0.05) is 0 Å². The van der Waals surface area contributed by atoms with E-state index in [1.165, 1.54) is 12.8 Å². The van der Waals surface area contributed by atoms with Crippen LogP contribution in [0.1, 0.15) is 38.5 Å². The van der Waals surface area contributed by atoms with Crippen molar-refractivity contribution in [3.63, 3.8) is 0 Å². The van der Waals surface area contributed by atoms with Gasteiger partial charge in [0, 0.05) is 32.8 Å². The van der Waals surface area contributed by atoms with Crippen LogP contribution in [0.15, 0.2) is 0 Å². The quantitative estimate of drug-likeness (QED) is 0.764. The molecule has 2 saturated heterocycles. The number of nitrogens with one attached hydrogen (secondary N) is 1. The maximum absolute atomic E-state index is 12.7. The monoisotopic (exact) mass is 359 g/mol. The zero-order valence-electron chi connectivity index (χ0n) is 14.2. The van der Waals surface area contributed by atoms with Gasteiger partial charge in [0.05, 0.1) is 12.0 Å². The molecule has 7 heteroatoms. The molecule has 3 fully saturated rings. The first kappa shape index (κ1) is 19.5. The van der Waals surface area contributed by atoms with E-state index in [1.54, 1.807) is 0 Å². The largest absolute Gasteiger partial charge is 0.381 e. The van der Waals surface area contributed by atoms with Gasteiger partial charge in [-0.15, -0.1) is 12.4 Å². The SMILES string of the molecule is Cl.NC(C(=O)N1CCCC(C(=O)NCC2CC2)C1)C1CCOCC1. The van der Waals surface area contributed by atoms with Crippen LogP contribution in [0.3, 0.4) is 0 Å². The molecular formula is C17H30ClN3O3. The molecule has 0 radical (unpaired) electrons. The summed E-state index contributed by atoms with van der Waals surface area (Å²) in [5.41, 5.74) is 6.20. The third-order valence-corrected chi connectivity index (χ3v) is 5.42. The topological polar surface area (TPSA) is 84.7 Å². The van der Waals surface area contributed by atoms with Crippen LogP contribution in [0, 0.1) is 17.8 Å². The fraction of sp³-hybridized carbons (Fsp3) is 0.882. The molecule has 2 atom stereocenters. The van der Waals surface area contributed by atoms with Crippen molar-refractivity contribution in [2.45, 2.75) is 44.6 Å². The van der Waals surface area contributed by atoms with Crippen LogP contribution in [0.4, 0.5) is 0 Å². The smallest absolute Gasteiger partial charge is 0.239 e. The molecule has 3 N–H and O–H groups in total. The van der Waals surface area contributed by atoms with E-state index in [-0.39, 0.29) is 36.1 Å². The highest BCUT2D eigenvalue weighted by Crippen LogP contribution is 2.28. The van der Waals surface area contributed by atoms with Gasteiger partial charge in [-0.05, 0) is 50.4 Å². The molecule has 0 aromatic heterocycles. The lowest BCUT2D eigenvalue weighted by atomic mass is 9.90. The molecule has 3 rings (SSSR count). The van der Waals surface area contributed by atoms with Crippen LogP contribution in [0.25, 0.3) is 0 Å². The van der Waals surface area contributed by atoms with E-state index in [9.17, 15) is 9.59 Å². The van der Waals surface area contributed by atoms with Crippen molar-refractivity contribution in [1.82, 2.24) is 10.2 Å². The Morgan fingerprint density at radius 2 is 1.88 bits per heavy atom. The van der Waals surface area contributed by atoms with Crippen LogP contribution in [0.2, 0.25) is 0 Å². The molecule has 0 aromatic rings. The summed E-state index contributed by atoms with van der Waals surface area (Å²) in [6.07, 6.45) is 5.92. The lowest BCUT2D eigenvalue weighted by Crippen LogP contribution is -2.53. The minimum atomic E-state index is -0.452. The molecule has 3 aliphatic rings. The highest BCUT2D eigenvalue weighted by atomic mass is 35.5. The van der Waals surface area contributed by atoms with E-state index in [0.717, 1.165) is 38.8 Å². The molecule has 2 amide bonds. The average Bonchev–Trinajstić information content (AvgIpc) is 3.43. The number of carbonyl (C=O) groups is 2. The zero-order valence-corrected chi connectivity index (χ0v) is 15.1. The number of hydrogen-bond acceptors (Lipinski definition) is 4. The Bertz CT molecular complexity index is 439. The summed E-state index contributed by atoms with van der Waals surface area (Å²) in [5.74, 6) is 0.932. The van der Waals surface area contributed by atoms with Crippen LogP contribution in [0.5, 0.6) is 0 Å². The van der Waals surface area contributed by atoms with Gasteiger partial charge in [0.1, 0.15) is 0 Å². The molecule has 0 bridgehead atoms. The molecule has 6 nitrogen and oxygen atoms in total. The Morgan fingerprint density at radius 1 is 1.17 bits per heavy atom. The van der Waals surface area contributed by atoms with Crippen molar-refractivity contribution in [2.75, 3.05) is 32.8 Å². The lowest BCUT2D eigenvalue weighted by Gasteiger charge is -2.36. The number of halogens is 1. The standard InChI is InChI=1S/C17H29N3O3.ClH/c18-15(13-5-8-23-9-6-13)17(22)20-7-1-2-14(11-20)16(21)19-10-12-3-4-12;/h12-15H,1-11,18H2,(H,19,21);1H. The molecule has 2 unspecified atom stereocenters. The maximum Gasteiger partial charge on any atom is 0.239 e. The first-order valence-corrected chi connectivity index (χ1v) is 9.05. The average molecular weight is 360 g/mol. The van der Waals surface area contributed by atoms with Crippen molar-refractivity contribution in [3.05, 3.63) is 0 Å². The number of hydrogen-bond donors (Lipinski definition) is 2. The molecule has 2 aliphatic heterocycles. The van der Waals surface area contributed by atoms with Crippen molar-refractivity contribution >= 4 is 24.2 Å². The van der Waals surface area contributed by atoms with E-state index in [0.29, 0.717) is 25.7 Å². The normalized spacial score (nSPS) is 26.4. The van der Waals surface area contributed by atoms with Crippen LogP contribution >= 0.6 is 12.4 Å². The fourth-order valence-electron chi connectivity index (χ4n) is 3.59. The molecule has 0 spiro atoms. The third-order valence-electron chi connectivity index (χ3n) is 5.42. The Morgan fingerprint density at radius 3 is 2.54 bits per heavy atom. The Labute approximate surface area is 150 Å². The fourth-order valence-corrected chi connectivity index (χ4v) is 3.59. The summed E-state index contributed by atoms with van der Waals surface area (Å²) in [6, 6.07) is -0.452. The summed E-state index contributed by atoms with van der Waals surface area (Å²) in [4.78, 5) is 26.8. The molecule has 0 aromatic carbocycles. The Hall–Kier alpha value is -0.850. The predicted octanol–water partition coefficient (Wildman–Crippen LogP) is 0.927. The molecule has 1 aliphatic carbocycles. The summed E-state index contributed by atoms with van der Waals surface area (Å²) >= 11 is 0. The summed E-state index contributed by atoms with van der Waals surface area (Å²) in [5, 5.41) is 3.04. The number of carbonyl (C=O) groups excluding carboxylic acids is 2.